The van der Waals surface area contributed by atoms with Crippen LogP contribution in [0, 0.1) is 0 Å². The molecule has 1 atom stereocenters. The molecule has 0 radical (unpaired) electrons. The Morgan fingerprint density at radius 3 is 2.86 bits per heavy atom. The van der Waals surface area contributed by atoms with Crippen LogP contribution in [0.3, 0.4) is 0 Å². The molecule has 0 aliphatic rings. The summed E-state index contributed by atoms with van der Waals surface area (Å²) < 4.78 is 11.0. The number of methoxy groups -OCH3 is 1. The third-order valence-corrected chi connectivity index (χ3v) is 4.24. The van der Waals surface area contributed by atoms with Crippen LogP contribution in [0.2, 0.25) is 0 Å². The van der Waals surface area contributed by atoms with Crippen LogP contribution >= 0.6 is 0 Å². The summed E-state index contributed by atoms with van der Waals surface area (Å²) in [5.41, 5.74) is 1.89. The van der Waals surface area contributed by atoms with E-state index in [1.165, 1.54) is 0 Å². The van der Waals surface area contributed by atoms with Crippen LogP contribution in [0.5, 0.6) is 5.75 Å². The lowest BCUT2D eigenvalue weighted by atomic mass is 10.2. The van der Waals surface area contributed by atoms with Crippen LogP contribution in [0.15, 0.2) is 51.7 Å². The van der Waals surface area contributed by atoms with Gasteiger partial charge in [0.25, 0.3) is 5.91 Å². The minimum atomic E-state index is -0.468. The second kappa shape index (κ2) is 7.03. The van der Waals surface area contributed by atoms with Gasteiger partial charge in [0.2, 0.25) is 5.89 Å². The van der Waals surface area contributed by atoms with Crippen molar-refractivity contribution in [3.63, 3.8) is 0 Å². The fourth-order valence-electron chi connectivity index (χ4n) is 2.78. The second-order valence-electron chi connectivity index (χ2n) is 6.19. The fraction of sp³-hybridized carbons (Fsp3) is 0.158. The Bertz CT molecular complexity index is 1210. The van der Waals surface area contributed by atoms with Crippen LogP contribution in [0.25, 0.3) is 22.6 Å². The summed E-state index contributed by atoms with van der Waals surface area (Å²) in [5.74, 6) is 1.16. The number of nitrogens with one attached hydrogen (secondary N) is 3. The van der Waals surface area contributed by atoms with E-state index in [9.17, 15) is 9.59 Å². The molecule has 0 spiro atoms. The van der Waals surface area contributed by atoms with Gasteiger partial charge in [-0.05, 0) is 43.3 Å². The smallest absolute Gasteiger partial charge is 0.340 e. The Labute approximate surface area is 158 Å². The largest absolute Gasteiger partial charge is 0.497 e. The van der Waals surface area contributed by atoms with Crippen molar-refractivity contribution in [2.24, 2.45) is 0 Å². The van der Waals surface area contributed by atoms with Gasteiger partial charge in [-0.2, -0.15) is 5.10 Å². The summed E-state index contributed by atoms with van der Waals surface area (Å²) in [6, 6.07) is 11.9. The lowest BCUT2D eigenvalue weighted by Crippen LogP contribution is -2.27. The van der Waals surface area contributed by atoms with Crippen LogP contribution in [0.1, 0.15) is 29.1 Å². The number of ether oxygens (including phenoxy) is 1. The standard InChI is InChI=1S/C19H17N5O4/c1-10(16-22-19(26)24-23-16)20-17(25)11-6-7-14-15(9-11)28-18(21-14)12-4-3-5-13(8-12)27-2/h3-10H,1-2H3,(H,20,25)(H2,22,23,24,26)/t10-/m1/s1. The molecule has 0 aliphatic carbocycles. The lowest BCUT2D eigenvalue weighted by Gasteiger charge is -2.10. The van der Waals surface area contributed by atoms with Gasteiger partial charge in [-0.25, -0.2) is 14.9 Å². The minimum absolute atomic E-state index is 0.322. The number of aromatic nitrogens is 4. The maximum absolute atomic E-state index is 12.5. The number of amides is 1. The summed E-state index contributed by atoms with van der Waals surface area (Å²) in [4.78, 5) is 30.6. The third kappa shape index (κ3) is 3.37. The Morgan fingerprint density at radius 2 is 2.11 bits per heavy atom. The highest BCUT2D eigenvalue weighted by Crippen LogP contribution is 2.27. The Balaban J connectivity index is 1.59. The van der Waals surface area contributed by atoms with Gasteiger partial charge >= 0.3 is 5.69 Å². The molecule has 2 aromatic heterocycles. The molecular formula is C19H17N5O4. The van der Waals surface area contributed by atoms with E-state index in [4.69, 9.17) is 9.15 Å². The first-order valence-corrected chi connectivity index (χ1v) is 8.54. The predicted octanol–water partition coefficient (Wildman–Crippen LogP) is 2.41. The lowest BCUT2D eigenvalue weighted by molar-refractivity contribution is 0.0938. The van der Waals surface area contributed by atoms with Crippen LogP contribution in [-0.2, 0) is 0 Å². The highest BCUT2D eigenvalue weighted by Gasteiger charge is 2.16. The summed E-state index contributed by atoms with van der Waals surface area (Å²) in [7, 11) is 1.59. The van der Waals surface area contributed by atoms with Crippen molar-refractivity contribution >= 4 is 17.0 Å². The topological polar surface area (TPSA) is 126 Å². The minimum Gasteiger partial charge on any atom is -0.497 e. The first-order valence-electron chi connectivity index (χ1n) is 8.54. The molecule has 0 saturated carbocycles. The van der Waals surface area contributed by atoms with Crippen molar-refractivity contribution in [1.82, 2.24) is 25.5 Å². The van der Waals surface area contributed by atoms with Gasteiger partial charge in [-0.15, -0.1) is 0 Å². The Kier molecular flexibility index (Phi) is 4.40. The number of fused-ring (bicyclic) bond motifs is 1. The number of rotatable bonds is 5. The molecule has 0 saturated heterocycles. The number of hydrogen-bond acceptors (Lipinski definition) is 6. The highest BCUT2D eigenvalue weighted by molar-refractivity contribution is 5.97. The zero-order valence-electron chi connectivity index (χ0n) is 15.1. The van der Waals surface area contributed by atoms with E-state index in [0.717, 1.165) is 5.56 Å². The molecule has 2 heterocycles. The average Bonchev–Trinajstić information content (AvgIpc) is 3.33. The van der Waals surface area contributed by atoms with E-state index in [1.807, 2.05) is 24.3 Å². The Morgan fingerprint density at radius 1 is 1.25 bits per heavy atom. The van der Waals surface area contributed by atoms with Crippen molar-refractivity contribution in [3.8, 4) is 17.2 Å². The van der Waals surface area contributed by atoms with Crippen molar-refractivity contribution < 1.29 is 13.9 Å². The summed E-state index contributed by atoms with van der Waals surface area (Å²) in [6.45, 7) is 1.72. The normalized spacial score (nSPS) is 12.1. The molecule has 0 fully saturated rings. The van der Waals surface area contributed by atoms with Crippen molar-refractivity contribution in [2.75, 3.05) is 7.11 Å². The molecule has 28 heavy (non-hydrogen) atoms. The highest BCUT2D eigenvalue weighted by atomic mass is 16.5. The molecule has 4 aromatic rings. The van der Waals surface area contributed by atoms with Crippen molar-refractivity contribution in [3.05, 3.63) is 64.3 Å². The summed E-state index contributed by atoms with van der Waals surface area (Å²) >= 11 is 0. The maximum Gasteiger partial charge on any atom is 0.340 e. The zero-order valence-corrected chi connectivity index (χ0v) is 15.1. The van der Waals surface area contributed by atoms with Gasteiger partial charge in [0.1, 0.15) is 11.3 Å². The number of carbonyl (C=O) groups excluding carboxylic acids is 1. The van der Waals surface area contributed by atoms with Crippen molar-refractivity contribution in [2.45, 2.75) is 13.0 Å². The molecule has 9 heteroatoms. The van der Waals surface area contributed by atoms with E-state index >= 15 is 0 Å². The quantitative estimate of drug-likeness (QED) is 0.489. The maximum atomic E-state index is 12.5. The number of carbonyl (C=O) groups is 1. The van der Waals surface area contributed by atoms with Gasteiger partial charge in [0, 0.05) is 11.1 Å². The zero-order chi connectivity index (χ0) is 19.7. The van der Waals surface area contributed by atoms with E-state index < -0.39 is 11.7 Å². The van der Waals surface area contributed by atoms with E-state index in [2.05, 4.69) is 25.5 Å². The molecule has 142 valence electrons. The van der Waals surface area contributed by atoms with Crippen LogP contribution < -0.4 is 15.7 Å². The second-order valence-corrected chi connectivity index (χ2v) is 6.19. The molecule has 3 N–H and O–H groups in total. The molecule has 0 unspecified atom stereocenters. The number of oxazole rings is 1. The average molecular weight is 379 g/mol. The van der Waals surface area contributed by atoms with Gasteiger partial charge in [0.05, 0.1) is 13.2 Å². The van der Waals surface area contributed by atoms with Gasteiger partial charge in [-0.3, -0.25) is 9.78 Å². The van der Waals surface area contributed by atoms with Gasteiger partial charge < -0.3 is 14.5 Å². The number of hydrogen-bond donors (Lipinski definition) is 3. The SMILES string of the molecule is COc1cccc(-c2nc3ccc(C(=O)N[C@H](C)c4n[nH]c(=O)[nH]4)cc3o2)c1. The van der Waals surface area contributed by atoms with Crippen molar-refractivity contribution in [1.29, 1.82) is 0 Å². The molecule has 0 bridgehead atoms. The number of aromatic amines is 2. The molecule has 2 aromatic carbocycles. The van der Waals surface area contributed by atoms with E-state index in [0.29, 0.717) is 34.1 Å². The first-order chi connectivity index (χ1) is 13.5. The fourth-order valence-corrected chi connectivity index (χ4v) is 2.78. The van der Waals surface area contributed by atoms with Gasteiger partial charge in [0.15, 0.2) is 11.4 Å². The number of nitrogens with zero attached hydrogens (tertiary/aromatic N) is 2. The number of H-pyrrole nitrogens is 2. The monoisotopic (exact) mass is 379 g/mol. The van der Waals surface area contributed by atoms with Crippen LogP contribution in [-0.4, -0.2) is 33.2 Å². The molecule has 1 amide bonds. The van der Waals surface area contributed by atoms with Crippen LogP contribution in [0.4, 0.5) is 0 Å². The summed E-state index contributed by atoms with van der Waals surface area (Å²) in [6.07, 6.45) is 0. The van der Waals surface area contributed by atoms with E-state index in [-0.39, 0.29) is 5.91 Å². The molecule has 9 nitrogen and oxygen atoms in total. The first kappa shape index (κ1) is 17.5. The number of benzene rings is 2. The Hall–Kier alpha value is -3.88. The van der Waals surface area contributed by atoms with Gasteiger partial charge in [-0.1, -0.05) is 6.07 Å². The third-order valence-electron chi connectivity index (χ3n) is 4.24. The summed E-state index contributed by atoms with van der Waals surface area (Å²) in [5, 5.41) is 8.86. The van der Waals surface area contributed by atoms with E-state index in [1.54, 1.807) is 32.2 Å². The molecular weight excluding hydrogens is 362 g/mol. The molecule has 0 aliphatic heterocycles. The predicted molar refractivity (Wildman–Crippen MR) is 101 cm³/mol. The molecule has 4 rings (SSSR count).